The van der Waals surface area contributed by atoms with Crippen LogP contribution < -0.4 is 0 Å². The molecule has 0 N–H and O–H groups in total. The SMILES string of the molecule is C=C(CCC)N1CCN(C)CC1C#N. The quantitative estimate of drug-likeness (QED) is 0.679. The molecule has 0 amide bonds. The Bertz CT molecular complexity index is 241. The van der Waals surface area contributed by atoms with E-state index >= 15 is 0 Å². The summed E-state index contributed by atoms with van der Waals surface area (Å²) in [5.41, 5.74) is 1.12. The van der Waals surface area contributed by atoms with E-state index in [4.69, 9.17) is 5.26 Å². The van der Waals surface area contributed by atoms with Crippen molar-refractivity contribution in [3.05, 3.63) is 12.3 Å². The monoisotopic (exact) mass is 193 g/mol. The minimum atomic E-state index is -0.00667. The highest BCUT2D eigenvalue weighted by Crippen LogP contribution is 2.16. The second kappa shape index (κ2) is 5.02. The van der Waals surface area contributed by atoms with Crippen LogP contribution in [-0.2, 0) is 0 Å². The summed E-state index contributed by atoms with van der Waals surface area (Å²) in [6, 6.07) is 2.34. The Kier molecular flexibility index (Phi) is 3.97. The van der Waals surface area contributed by atoms with Crippen molar-refractivity contribution >= 4 is 0 Å². The molecule has 1 saturated heterocycles. The Balaban J connectivity index is 2.59. The van der Waals surface area contributed by atoms with Crippen molar-refractivity contribution in [1.29, 1.82) is 5.26 Å². The van der Waals surface area contributed by atoms with Crippen LogP contribution in [0.15, 0.2) is 12.3 Å². The molecule has 1 unspecified atom stereocenters. The molecule has 0 radical (unpaired) electrons. The Labute approximate surface area is 86.6 Å². The lowest BCUT2D eigenvalue weighted by Crippen LogP contribution is -2.50. The van der Waals surface area contributed by atoms with Crippen LogP contribution in [0.3, 0.4) is 0 Å². The number of likely N-dealkylation sites (N-methyl/N-ethyl adjacent to an activating group) is 1. The van der Waals surface area contributed by atoms with Gasteiger partial charge in [0.05, 0.1) is 6.07 Å². The average molecular weight is 193 g/mol. The second-order valence-electron chi connectivity index (χ2n) is 3.92. The topological polar surface area (TPSA) is 30.3 Å². The van der Waals surface area contributed by atoms with Gasteiger partial charge in [-0.15, -0.1) is 0 Å². The molecule has 0 aromatic rings. The fourth-order valence-electron chi connectivity index (χ4n) is 1.84. The zero-order chi connectivity index (χ0) is 10.6. The molecule has 0 aromatic carbocycles. The van der Waals surface area contributed by atoms with Crippen molar-refractivity contribution < 1.29 is 0 Å². The van der Waals surface area contributed by atoms with Gasteiger partial charge in [0, 0.05) is 25.3 Å². The molecule has 0 saturated carbocycles. The van der Waals surface area contributed by atoms with E-state index < -0.39 is 0 Å². The van der Waals surface area contributed by atoms with Gasteiger partial charge >= 0.3 is 0 Å². The highest BCUT2D eigenvalue weighted by Gasteiger charge is 2.25. The molecule has 78 valence electrons. The smallest absolute Gasteiger partial charge is 0.129 e. The Morgan fingerprint density at radius 2 is 2.29 bits per heavy atom. The summed E-state index contributed by atoms with van der Waals surface area (Å²) < 4.78 is 0. The largest absolute Gasteiger partial charge is 0.357 e. The summed E-state index contributed by atoms with van der Waals surface area (Å²) in [5, 5.41) is 9.04. The van der Waals surface area contributed by atoms with E-state index in [1.165, 1.54) is 0 Å². The van der Waals surface area contributed by atoms with Gasteiger partial charge in [0.2, 0.25) is 0 Å². The molecule has 0 aromatic heterocycles. The van der Waals surface area contributed by atoms with Crippen LogP contribution in [0.2, 0.25) is 0 Å². The lowest BCUT2D eigenvalue weighted by atomic mass is 10.1. The van der Waals surface area contributed by atoms with Crippen molar-refractivity contribution in [3.8, 4) is 6.07 Å². The number of nitriles is 1. The molecule has 1 fully saturated rings. The number of piperazine rings is 1. The molecule has 3 heteroatoms. The van der Waals surface area contributed by atoms with Crippen LogP contribution in [0.1, 0.15) is 19.8 Å². The molecule has 1 atom stereocenters. The maximum Gasteiger partial charge on any atom is 0.129 e. The van der Waals surface area contributed by atoms with E-state index in [1.807, 2.05) is 0 Å². The molecule has 0 spiro atoms. The first-order valence-corrected chi connectivity index (χ1v) is 5.21. The molecular formula is C11H19N3. The van der Waals surface area contributed by atoms with E-state index in [2.05, 4.69) is 36.4 Å². The van der Waals surface area contributed by atoms with Crippen LogP contribution in [0.5, 0.6) is 0 Å². The van der Waals surface area contributed by atoms with Gasteiger partial charge in [-0.1, -0.05) is 19.9 Å². The van der Waals surface area contributed by atoms with Crippen molar-refractivity contribution in [3.63, 3.8) is 0 Å². The first-order valence-electron chi connectivity index (χ1n) is 5.21. The Morgan fingerprint density at radius 3 is 2.86 bits per heavy atom. The summed E-state index contributed by atoms with van der Waals surface area (Å²) in [5.74, 6) is 0. The first kappa shape index (κ1) is 11.1. The molecule has 1 rings (SSSR count). The van der Waals surface area contributed by atoms with Crippen molar-refractivity contribution in [1.82, 2.24) is 9.80 Å². The molecule has 0 aliphatic carbocycles. The molecule has 3 nitrogen and oxygen atoms in total. The predicted molar refractivity (Wildman–Crippen MR) is 57.7 cm³/mol. The molecule has 14 heavy (non-hydrogen) atoms. The number of hydrogen-bond acceptors (Lipinski definition) is 3. The van der Waals surface area contributed by atoms with Crippen molar-refractivity contribution in [2.24, 2.45) is 0 Å². The van der Waals surface area contributed by atoms with E-state index in [0.717, 1.165) is 38.2 Å². The fraction of sp³-hybridized carbons (Fsp3) is 0.727. The van der Waals surface area contributed by atoms with E-state index in [1.54, 1.807) is 0 Å². The number of hydrogen-bond donors (Lipinski definition) is 0. The minimum Gasteiger partial charge on any atom is -0.357 e. The highest BCUT2D eigenvalue weighted by atomic mass is 15.3. The molecule has 1 aliphatic rings. The average Bonchev–Trinajstić information content (AvgIpc) is 2.17. The van der Waals surface area contributed by atoms with Crippen LogP contribution in [0, 0.1) is 11.3 Å². The molecule has 1 heterocycles. The third-order valence-electron chi connectivity index (χ3n) is 2.68. The maximum absolute atomic E-state index is 9.04. The summed E-state index contributed by atoms with van der Waals surface area (Å²) in [6.45, 7) is 8.99. The zero-order valence-corrected chi connectivity index (χ0v) is 9.16. The lowest BCUT2D eigenvalue weighted by Gasteiger charge is -2.39. The van der Waals surface area contributed by atoms with E-state index in [-0.39, 0.29) is 6.04 Å². The summed E-state index contributed by atoms with van der Waals surface area (Å²) >= 11 is 0. The van der Waals surface area contributed by atoms with E-state index in [9.17, 15) is 0 Å². The molecule has 1 aliphatic heterocycles. The third kappa shape index (κ3) is 2.49. The van der Waals surface area contributed by atoms with Gasteiger partial charge in [-0.25, -0.2) is 0 Å². The van der Waals surface area contributed by atoms with Gasteiger partial charge in [0.1, 0.15) is 6.04 Å². The normalized spacial score (nSPS) is 23.2. The second-order valence-corrected chi connectivity index (χ2v) is 3.92. The molecular weight excluding hydrogens is 174 g/mol. The number of rotatable bonds is 3. The Hall–Kier alpha value is -1.01. The summed E-state index contributed by atoms with van der Waals surface area (Å²) in [7, 11) is 2.06. The van der Waals surface area contributed by atoms with Crippen LogP contribution in [-0.4, -0.2) is 42.5 Å². The van der Waals surface area contributed by atoms with Crippen molar-refractivity contribution in [2.75, 3.05) is 26.7 Å². The van der Waals surface area contributed by atoms with Gasteiger partial charge in [-0.2, -0.15) is 5.26 Å². The van der Waals surface area contributed by atoms with Gasteiger partial charge in [-0.05, 0) is 13.5 Å². The van der Waals surface area contributed by atoms with Gasteiger partial charge in [0.15, 0.2) is 0 Å². The molecule has 0 bridgehead atoms. The number of allylic oxidation sites excluding steroid dienone is 1. The summed E-state index contributed by atoms with van der Waals surface area (Å²) in [6.07, 6.45) is 2.10. The predicted octanol–water partition coefficient (Wildman–Crippen LogP) is 1.44. The third-order valence-corrected chi connectivity index (χ3v) is 2.68. The van der Waals surface area contributed by atoms with Crippen LogP contribution >= 0.6 is 0 Å². The first-order chi connectivity index (χ1) is 6.69. The van der Waals surface area contributed by atoms with Gasteiger partial charge in [0.25, 0.3) is 0 Å². The lowest BCUT2D eigenvalue weighted by molar-refractivity contribution is 0.147. The zero-order valence-electron chi connectivity index (χ0n) is 9.16. The standard InChI is InChI=1S/C11H19N3/c1-4-5-10(2)14-7-6-13(3)9-11(14)8-12/h11H,2,4-7,9H2,1,3H3. The van der Waals surface area contributed by atoms with Gasteiger partial charge < -0.3 is 9.80 Å². The minimum absolute atomic E-state index is 0.00667. The van der Waals surface area contributed by atoms with Crippen LogP contribution in [0.4, 0.5) is 0 Å². The fourth-order valence-corrected chi connectivity index (χ4v) is 1.84. The van der Waals surface area contributed by atoms with Crippen molar-refractivity contribution in [2.45, 2.75) is 25.8 Å². The maximum atomic E-state index is 9.04. The van der Waals surface area contributed by atoms with E-state index in [0.29, 0.717) is 0 Å². The van der Waals surface area contributed by atoms with Gasteiger partial charge in [-0.3, -0.25) is 0 Å². The highest BCUT2D eigenvalue weighted by molar-refractivity contribution is 5.06. The number of nitrogens with zero attached hydrogens (tertiary/aromatic N) is 3. The summed E-state index contributed by atoms with van der Waals surface area (Å²) in [4.78, 5) is 4.35. The van der Waals surface area contributed by atoms with Crippen LogP contribution in [0.25, 0.3) is 0 Å². The Morgan fingerprint density at radius 1 is 1.57 bits per heavy atom.